The maximum Gasteiger partial charge on any atom is 0.243 e. The molecule has 1 atom stereocenters. The zero-order valence-electron chi connectivity index (χ0n) is 26.1. The molecule has 3 heteroatoms. The van der Waals surface area contributed by atoms with Gasteiger partial charge in [-0.25, -0.2) is 0 Å². The second kappa shape index (κ2) is 15.0. The fraction of sp³-hybridized carbons (Fsp3) is 0.150. The third-order valence-corrected chi connectivity index (χ3v) is 10.5. The van der Waals surface area contributed by atoms with Crippen LogP contribution in [-0.4, -0.2) is 6.71 Å². The summed E-state index contributed by atoms with van der Waals surface area (Å²) in [6.45, 7) is 13.8. The summed E-state index contributed by atoms with van der Waals surface area (Å²) in [5.41, 5.74) is 12.4. The van der Waals surface area contributed by atoms with Crippen molar-refractivity contribution in [2.45, 2.75) is 41.5 Å². The van der Waals surface area contributed by atoms with Crippen molar-refractivity contribution in [1.29, 1.82) is 0 Å². The van der Waals surface area contributed by atoms with Crippen molar-refractivity contribution in [1.82, 2.24) is 0 Å². The summed E-state index contributed by atoms with van der Waals surface area (Å²) >= 11 is 0. The van der Waals surface area contributed by atoms with Crippen molar-refractivity contribution >= 4 is 41.6 Å². The third kappa shape index (κ3) is 7.51. The van der Waals surface area contributed by atoms with Gasteiger partial charge in [0.05, 0.1) is 0 Å². The van der Waals surface area contributed by atoms with Gasteiger partial charge in [0.25, 0.3) is 0 Å². The Morgan fingerprint density at radius 2 is 1.05 bits per heavy atom. The molecule has 6 rings (SSSR count). The molecule has 4 aromatic carbocycles. The van der Waals surface area contributed by atoms with Gasteiger partial charge in [-0.2, -0.15) is 0 Å². The van der Waals surface area contributed by atoms with E-state index in [1.807, 2.05) is 30.7 Å². The summed E-state index contributed by atoms with van der Waals surface area (Å²) in [5, 5.41) is 4.24. The Kier molecular flexibility index (Phi) is 11.5. The first kappa shape index (κ1) is 32.8. The van der Waals surface area contributed by atoms with Crippen LogP contribution in [0.15, 0.2) is 127 Å². The first-order valence-corrected chi connectivity index (χ1v) is 16.2. The Labute approximate surface area is 272 Å². The molecule has 0 amide bonds. The second-order valence-corrected chi connectivity index (χ2v) is 13.6. The molecule has 0 fully saturated rings. The summed E-state index contributed by atoms with van der Waals surface area (Å²) in [7, 11) is -0.694. The maximum atomic E-state index is 2.39. The molecule has 2 aliphatic carbocycles. The van der Waals surface area contributed by atoms with Crippen molar-refractivity contribution in [2.75, 3.05) is 0 Å². The predicted molar refractivity (Wildman–Crippen MR) is 189 cm³/mol. The van der Waals surface area contributed by atoms with E-state index in [-0.39, 0.29) is 23.8 Å². The van der Waals surface area contributed by atoms with Crippen LogP contribution in [0.5, 0.6) is 0 Å². The standard InChI is InChI=1S/C35H35BP.C5H5.Fe/c1-24-20-26(3)34(27(4)21-24)36(35-28(5)22-25(2)23-29(35)6)32-18-12-13-19-33(32)37(31-16-10-11-17-31)30-14-8-7-9-15-30;1-2-4-5-3-1;/h7-23H,1-6H3;1-5H;. The van der Waals surface area contributed by atoms with Gasteiger partial charge in [0.1, 0.15) is 0 Å². The maximum absolute atomic E-state index is 2.39. The van der Waals surface area contributed by atoms with E-state index in [0.717, 1.165) is 0 Å². The van der Waals surface area contributed by atoms with Crippen LogP contribution in [0, 0.1) is 54.4 Å². The van der Waals surface area contributed by atoms with E-state index in [4.69, 9.17) is 0 Å². The smallest absolute Gasteiger partial charge is 0.0767 e. The Bertz CT molecular complexity index is 1580. The molecule has 2 radical (unpaired) electrons. The van der Waals surface area contributed by atoms with Gasteiger partial charge in [0.15, 0.2) is 0 Å². The fourth-order valence-corrected chi connectivity index (χ4v) is 9.01. The van der Waals surface area contributed by atoms with Crippen LogP contribution in [0.25, 0.3) is 0 Å². The second-order valence-electron chi connectivity index (χ2n) is 11.4. The number of hydrogen-bond acceptors (Lipinski definition) is 0. The van der Waals surface area contributed by atoms with E-state index in [0.29, 0.717) is 0 Å². The molecule has 0 saturated heterocycles. The molecule has 2 aliphatic rings. The zero-order valence-corrected chi connectivity index (χ0v) is 28.1. The number of benzene rings is 4. The molecular formula is C40H40BFeP. The number of allylic oxidation sites excluding steroid dienone is 8. The SMILES string of the molecule is Cc1cc(C)c(B(c2ccccc2P(C2=CC=C[CH]2)c2ccccc2)c2c(C)cc(C)cc2C)c(C)c1.[CH]1C=CC=C1.[Fe]. The molecule has 0 nitrogen and oxygen atoms in total. The van der Waals surface area contributed by atoms with Crippen LogP contribution in [0.2, 0.25) is 0 Å². The van der Waals surface area contributed by atoms with Crippen molar-refractivity contribution in [3.63, 3.8) is 0 Å². The van der Waals surface area contributed by atoms with E-state index in [1.165, 1.54) is 65.7 Å². The van der Waals surface area contributed by atoms with Gasteiger partial charge in [-0.15, -0.1) is 0 Å². The minimum atomic E-state index is -0.694. The van der Waals surface area contributed by atoms with Crippen LogP contribution in [0.1, 0.15) is 33.4 Å². The summed E-state index contributed by atoms with van der Waals surface area (Å²) in [6, 6.07) is 29.7. The molecule has 4 aromatic rings. The van der Waals surface area contributed by atoms with E-state index in [9.17, 15) is 0 Å². The van der Waals surface area contributed by atoms with Crippen LogP contribution < -0.4 is 27.0 Å². The molecule has 1 unspecified atom stereocenters. The molecule has 0 aliphatic heterocycles. The van der Waals surface area contributed by atoms with Gasteiger partial charge in [0.2, 0.25) is 6.71 Å². The van der Waals surface area contributed by atoms with Gasteiger partial charge in [0, 0.05) is 29.9 Å². The number of hydrogen-bond donors (Lipinski definition) is 0. The topological polar surface area (TPSA) is 0 Å². The summed E-state index contributed by atoms with van der Waals surface area (Å²) in [4.78, 5) is 0. The Morgan fingerprint density at radius 1 is 0.535 bits per heavy atom. The van der Waals surface area contributed by atoms with Gasteiger partial charge >= 0.3 is 0 Å². The van der Waals surface area contributed by atoms with E-state index < -0.39 is 7.92 Å². The first-order valence-electron chi connectivity index (χ1n) is 14.8. The average molecular weight is 618 g/mol. The molecule has 0 aromatic heterocycles. The Morgan fingerprint density at radius 3 is 1.51 bits per heavy atom. The predicted octanol–water partition coefficient (Wildman–Crippen LogP) is 7.46. The summed E-state index contributed by atoms with van der Waals surface area (Å²) in [5.74, 6) is 0. The zero-order chi connectivity index (χ0) is 29.6. The van der Waals surface area contributed by atoms with Gasteiger partial charge in [-0.05, 0) is 65.4 Å². The Balaban J connectivity index is 0.000000641. The van der Waals surface area contributed by atoms with Crippen molar-refractivity contribution < 1.29 is 17.1 Å². The normalized spacial score (nSPS) is 13.7. The van der Waals surface area contributed by atoms with Crippen LogP contribution in [0.3, 0.4) is 0 Å². The summed E-state index contributed by atoms with van der Waals surface area (Å²) in [6.07, 6.45) is 19.0. The largest absolute Gasteiger partial charge is 0.243 e. The van der Waals surface area contributed by atoms with Crippen LogP contribution in [-0.2, 0) is 17.1 Å². The molecular weight excluding hydrogens is 578 g/mol. The minimum Gasteiger partial charge on any atom is -0.0767 e. The Hall–Kier alpha value is -3.15. The van der Waals surface area contributed by atoms with E-state index in [1.54, 1.807) is 0 Å². The molecule has 43 heavy (non-hydrogen) atoms. The van der Waals surface area contributed by atoms with Crippen molar-refractivity contribution in [3.8, 4) is 0 Å². The monoisotopic (exact) mass is 618 g/mol. The van der Waals surface area contributed by atoms with Gasteiger partial charge < -0.3 is 0 Å². The van der Waals surface area contributed by atoms with Gasteiger partial charge in [-0.1, -0.05) is 171 Å². The third-order valence-electron chi connectivity index (χ3n) is 8.02. The molecule has 216 valence electrons. The van der Waals surface area contributed by atoms with Crippen LogP contribution in [0.4, 0.5) is 0 Å². The number of rotatable bonds is 6. The summed E-state index contributed by atoms with van der Waals surface area (Å²) < 4.78 is 0. The van der Waals surface area contributed by atoms with Gasteiger partial charge in [-0.3, -0.25) is 0 Å². The van der Waals surface area contributed by atoms with Crippen molar-refractivity contribution in [3.05, 3.63) is 173 Å². The molecule has 0 spiro atoms. The van der Waals surface area contributed by atoms with Crippen LogP contribution >= 0.6 is 7.92 Å². The van der Waals surface area contributed by atoms with E-state index >= 15 is 0 Å². The average Bonchev–Trinajstić information content (AvgIpc) is 3.70. The molecule has 0 heterocycles. The quantitative estimate of drug-likeness (QED) is 0.156. The molecule has 0 bridgehead atoms. The molecule has 0 saturated carbocycles. The molecule has 0 N–H and O–H groups in total. The fourth-order valence-electron chi connectivity index (χ4n) is 6.52. The minimum absolute atomic E-state index is 0. The first-order chi connectivity index (χ1) is 20.3. The van der Waals surface area contributed by atoms with Crippen molar-refractivity contribution in [2.24, 2.45) is 0 Å². The number of aryl methyl sites for hydroxylation is 6. The van der Waals surface area contributed by atoms with E-state index in [2.05, 4.69) is 145 Å².